The Kier molecular flexibility index (Phi) is 30.3. The van der Waals surface area contributed by atoms with Crippen LogP contribution >= 0.6 is 23.2 Å². The van der Waals surface area contributed by atoms with Gasteiger partial charge in [0.1, 0.15) is 11.9 Å². The van der Waals surface area contributed by atoms with E-state index in [1.165, 1.54) is 18.2 Å². The maximum absolute atomic E-state index is 13.5. The van der Waals surface area contributed by atoms with Gasteiger partial charge in [-0.05, 0) is 68.0 Å². The molecule has 2 atom stereocenters. The van der Waals surface area contributed by atoms with Gasteiger partial charge in [-0.1, -0.05) is 36.2 Å². The van der Waals surface area contributed by atoms with E-state index in [0.29, 0.717) is 97.2 Å². The number of aromatic nitrogens is 1. The molecule has 0 spiro atoms. The van der Waals surface area contributed by atoms with Crippen molar-refractivity contribution in [1.82, 2.24) is 36.9 Å². The number of carboxylic acid groups (broad SMARTS) is 1. The predicted molar refractivity (Wildman–Crippen MR) is 235 cm³/mol. The SMILES string of the molecule is CCCOCCNC(=O)NCCCCNC(=O)NCCOCCOCCOCCOC[C@H](NC(=O)CCCCNc1ccccn1)C(=O)NC(CC(=O)O)c1cc(Cl)cc(Cl)c1. The number of urea groups is 2. The van der Waals surface area contributed by atoms with Crippen molar-refractivity contribution >= 4 is 58.9 Å². The molecule has 0 aliphatic heterocycles. The maximum atomic E-state index is 13.5. The highest BCUT2D eigenvalue weighted by Crippen LogP contribution is 2.25. The van der Waals surface area contributed by atoms with Gasteiger partial charge in [-0.15, -0.1) is 0 Å². The summed E-state index contributed by atoms with van der Waals surface area (Å²) in [5, 5.41) is 29.6. The third kappa shape index (κ3) is 28.2. The monoisotopic (exact) mass is 914 g/mol. The van der Waals surface area contributed by atoms with E-state index in [0.717, 1.165) is 18.7 Å². The molecule has 1 aromatic heterocycles. The first-order valence-corrected chi connectivity index (χ1v) is 21.7. The molecule has 0 aliphatic rings. The van der Waals surface area contributed by atoms with Crippen molar-refractivity contribution in [2.24, 2.45) is 0 Å². The number of amides is 6. The van der Waals surface area contributed by atoms with E-state index in [-0.39, 0.29) is 60.9 Å². The minimum Gasteiger partial charge on any atom is -0.481 e. The van der Waals surface area contributed by atoms with E-state index in [4.69, 9.17) is 46.9 Å². The molecule has 0 saturated heterocycles. The maximum Gasteiger partial charge on any atom is 0.314 e. The van der Waals surface area contributed by atoms with Gasteiger partial charge in [0.05, 0.1) is 71.9 Å². The number of hydrogen-bond donors (Lipinski definition) is 8. The molecule has 0 radical (unpaired) electrons. The van der Waals surface area contributed by atoms with Gasteiger partial charge in [0.15, 0.2) is 0 Å². The Morgan fingerprint density at radius 3 is 1.77 bits per heavy atom. The first-order valence-electron chi connectivity index (χ1n) is 20.9. The average Bonchev–Trinajstić information content (AvgIpc) is 3.24. The van der Waals surface area contributed by atoms with E-state index in [2.05, 4.69) is 42.2 Å². The third-order valence-corrected chi connectivity index (χ3v) is 8.86. The third-order valence-electron chi connectivity index (χ3n) is 8.42. The summed E-state index contributed by atoms with van der Waals surface area (Å²) in [5.74, 6) is -1.44. The van der Waals surface area contributed by atoms with Gasteiger partial charge < -0.3 is 66.0 Å². The molecule has 2 aromatic rings. The van der Waals surface area contributed by atoms with E-state index in [1.807, 2.05) is 25.1 Å². The fraction of sp³-hybridized carbons (Fsp3) is 0.610. The molecule has 0 aliphatic carbocycles. The lowest BCUT2D eigenvalue weighted by Crippen LogP contribution is -2.50. The number of hydrogen-bond acceptors (Lipinski definition) is 12. The number of carbonyl (C=O) groups excluding carboxylic acids is 4. The Bertz CT molecular complexity index is 1550. The van der Waals surface area contributed by atoms with Gasteiger partial charge in [-0.25, -0.2) is 14.6 Å². The summed E-state index contributed by atoms with van der Waals surface area (Å²) in [6, 6.07) is 7.41. The molecule has 62 heavy (non-hydrogen) atoms. The molecule has 8 N–H and O–H groups in total. The van der Waals surface area contributed by atoms with Crippen molar-refractivity contribution in [2.45, 2.75) is 64.0 Å². The summed E-state index contributed by atoms with van der Waals surface area (Å²) in [6.07, 6.45) is 4.98. The molecule has 0 fully saturated rings. The second kappa shape index (κ2) is 35.0. The number of unbranched alkanes of at least 4 members (excludes halogenated alkanes) is 2. The van der Waals surface area contributed by atoms with Crippen LogP contribution in [-0.4, -0.2) is 145 Å². The number of pyridine rings is 1. The van der Waals surface area contributed by atoms with Gasteiger partial charge in [-0.2, -0.15) is 0 Å². The number of aliphatic carboxylic acids is 1. The normalized spacial score (nSPS) is 11.9. The lowest BCUT2D eigenvalue weighted by molar-refractivity contribution is -0.138. The molecule has 1 aromatic carbocycles. The number of nitrogens with zero attached hydrogens (tertiary/aromatic N) is 1. The zero-order chi connectivity index (χ0) is 45.0. The van der Waals surface area contributed by atoms with Crippen LogP contribution in [0, 0.1) is 0 Å². The number of halogens is 2. The fourth-order valence-corrected chi connectivity index (χ4v) is 5.92. The van der Waals surface area contributed by atoms with Gasteiger partial charge in [0, 0.05) is 62.0 Å². The summed E-state index contributed by atoms with van der Waals surface area (Å²) in [5.41, 5.74) is 0.394. The molecular formula is C41H64Cl2N8O11. The Morgan fingerprint density at radius 2 is 1.21 bits per heavy atom. The number of benzene rings is 1. The quantitative estimate of drug-likeness (QED) is 0.0456. The second-order valence-electron chi connectivity index (χ2n) is 13.7. The zero-order valence-corrected chi connectivity index (χ0v) is 37.0. The van der Waals surface area contributed by atoms with Crippen LogP contribution in [0.1, 0.15) is 63.5 Å². The molecule has 1 unspecified atom stereocenters. The van der Waals surface area contributed by atoms with Gasteiger partial charge >= 0.3 is 18.0 Å². The zero-order valence-electron chi connectivity index (χ0n) is 35.5. The first kappa shape index (κ1) is 53.6. The molecule has 0 saturated carbocycles. The second-order valence-corrected chi connectivity index (χ2v) is 14.6. The average molecular weight is 916 g/mol. The molecule has 19 nitrogen and oxygen atoms in total. The highest BCUT2D eigenvalue weighted by atomic mass is 35.5. The van der Waals surface area contributed by atoms with Crippen LogP contribution in [0.4, 0.5) is 15.4 Å². The predicted octanol–water partition coefficient (Wildman–Crippen LogP) is 3.66. The van der Waals surface area contributed by atoms with Crippen LogP contribution in [0.2, 0.25) is 10.0 Å². The Balaban J connectivity index is 1.59. The largest absolute Gasteiger partial charge is 0.481 e. The van der Waals surface area contributed by atoms with Gasteiger partial charge in [0.25, 0.3) is 0 Å². The van der Waals surface area contributed by atoms with E-state index < -0.39 is 30.4 Å². The Hall–Kier alpha value is -4.50. The number of carbonyl (C=O) groups is 5. The van der Waals surface area contributed by atoms with Gasteiger partial charge in [-0.3, -0.25) is 14.4 Å². The van der Waals surface area contributed by atoms with Crippen molar-refractivity contribution < 1.29 is 52.8 Å². The molecule has 21 heteroatoms. The molecule has 1 heterocycles. The summed E-state index contributed by atoms with van der Waals surface area (Å²) in [7, 11) is 0. The van der Waals surface area contributed by atoms with Crippen molar-refractivity contribution in [2.75, 3.05) is 104 Å². The van der Waals surface area contributed by atoms with Crippen molar-refractivity contribution in [3.05, 3.63) is 58.2 Å². The minimum atomic E-state index is -1.16. The molecule has 2 rings (SSSR count). The fourth-order valence-electron chi connectivity index (χ4n) is 5.38. The lowest BCUT2D eigenvalue weighted by Gasteiger charge is -2.23. The number of nitrogens with one attached hydrogen (secondary N) is 7. The van der Waals surface area contributed by atoms with Crippen molar-refractivity contribution in [3.8, 4) is 0 Å². The molecule has 6 amide bonds. The number of ether oxygens (including phenoxy) is 5. The summed E-state index contributed by atoms with van der Waals surface area (Å²) in [6.45, 7) is 7.19. The van der Waals surface area contributed by atoms with Crippen molar-refractivity contribution in [3.63, 3.8) is 0 Å². The Labute approximate surface area is 373 Å². The van der Waals surface area contributed by atoms with Crippen LogP contribution < -0.4 is 37.2 Å². The van der Waals surface area contributed by atoms with Crippen molar-refractivity contribution in [1.29, 1.82) is 0 Å². The number of carboxylic acids is 1. The van der Waals surface area contributed by atoms with Crippen LogP contribution in [0.15, 0.2) is 42.6 Å². The van der Waals surface area contributed by atoms with Crippen LogP contribution in [0.25, 0.3) is 0 Å². The number of rotatable bonds is 36. The van der Waals surface area contributed by atoms with E-state index in [1.54, 1.807) is 6.20 Å². The molecule has 0 bridgehead atoms. The standard InChI is InChI=1S/C41H64Cl2N8O11/c1-2-17-58-18-15-48-40(56)46-13-7-8-14-47-41(57)49-16-19-59-20-21-60-22-23-61-24-25-62-30-35(50-37(52)10-4-6-12-45-36-9-3-5-11-44-36)39(55)51-34(29-38(53)54)31-26-32(42)28-33(43)27-31/h3,5,9,11,26-28,34-35H,2,4,6-8,10,12-25,29-30H2,1H3,(H,44,45)(H,50,52)(H,51,55)(H,53,54)(H2,46,48,56)(H2,47,49,57)/t34?,35-/m0/s1. The van der Waals surface area contributed by atoms with Crippen LogP contribution in [0.5, 0.6) is 0 Å². The molecule has 348 valence electrons. The highest BCUT2D eigenvalue weighted by Gasteiger charge is 2.26. The minimum absolute atomic E-state index is 0.108. The summed E-state index contributed by atoms with van der Waals surface area (Å²) >= 11 is 12.3. The smallest absolute Gasteiger partial charge is 0.314 e. The Morgan fingerprint density at radius 1 is 0.661 bits per heavy atom. The van der Waals surface area contributed by atoms with Crippen LogP contribution in [-0.2, 0) is 38.1 Å². The van der Waals surface area contributed by atoms with Gasteiger partial charge in [0.2, 0.25) is 11.8 Å². The summed E-state index contributed by atoms with van der Waals surface area (Å²) in [4.78, 5) is 65.9. The summed E-state index contributed by atoms with van der Waals surface area (Å²) < 4.78 is 27.5. The van der Waals surface area contributed by atoms with E-state index >= 15 is 0 Å². The molecular weight excluding hydrogens is 851 g/mol. The highest BCUT2D eigenvalue weighted by molar-refractivity contribution is 6.34. The van der Waals surface area contributed by atoms with E-state index in [9.17, 15) is 29.1 Å². The lowest BCUT2D eigenvalue weighted by atomic mass is 10.0. The topological polar surface area (TPSA) is 249 Å². The first-order chi connectivity index (χ1) is 30.1. The number of anilines is 1. The van der Waals surface area contributed by atoms with Crippen LogP contribution in [0.3, 0.4) is 0 Å².